The van der Waals surface area contributed by atoms with Gasteiger partial charge in [-0.15, -0.1) is 0 Å². The molecule has 2 nitrogen and oxygen atoms in total. The minimum absolute atomic E-state index is 0.0664. The normalized spacial score (nSPS) is 17.2. The third kappa shape index (κ3) is 2.86. The number of rotatable bonds is 1. The molecule has 1 aromatic rings. The Kier molecular flexibility index (Phi) is 3.82. The van der Waals surface area contributed by atoms with Crippen molar-refractivity contribution in [2.75, 3.05) is 13.1 Å². The zero-order valence-electron chi connectivity index (χ0n) is 9.75. The predicted molar refractivity (Wildman–Crippen MR) is 68.4 cm³/mol. The summed E-state index contributed by atoms with van der Waals surface area (Å²) in [6.07, 6.45) is 2.06. The number of hydrogen-bond acceptors (Lipinski definition) is 1. The molecule has 0 bridgehead atoms. The van der Waals surface area contributed by atoms with Crippen LogP contribution in [-0.4, -0.2) is 23.9 Å². The first-order valence-electron chi connectivity index (χ1n) is 5.82. The molecular weight excluding hydrogens is 285 g/mol. The molecule has 1 amide bonds. The van der Waals surface area contributed by atoms with Crippen molar-refractivity contribution in [3.63, 3.8) is 0 Å². The van der Waals surface area contributed by atoms with E-state index in [9.17, 15) is 9.18 Å². The second kappa shape index (κ2) is 5.17. The molecule has 0 aromatic heterocycles. The fourth-order valence-corrected chi connectivity index (χ4v) is 2.27. The molecule has 0 radical (unpaired) electrons. The fourth-order valence-electron chi connectivity index (χ4n) is 2.02. The zero-order valence-corrected chi connectivity index (χ0v) is 11.3. The van der Waals surface area contributed by atoms with Crippen LogP contribution in [0.15, 0.2) is 22.7 Å². The Balaban J connectivity index is 2.11. The van der Waals surface area contributed by atoms with E-state index < -0.39 is 0 Å². The van der Waals surface area contributed by atoms with Crippen LogP contribution in [0.4, 0.5) is 4.39 Å². The summed E-state index contributed by atoms with van der Waals surface area (Å²) in [5.41, 5.74) is 0.431. The zero-order chi connectivity index (χ0) is 12.4. The largest absolute Gasteiger partial charge is 0.339 e. The first kappa shape index (κ1) is 12.6. The van der Waals surface area contributed by atoms with Gasteiger partial charge in [0.15, 0.2) is 0 Å². The summed E-state index contributed by atoms with van der Waals surface area (Å²) in [6, 6.07) is 4.53. The van der Waals surface area contributed by atoms with E-state index in [0.29, 0.717) is 16.0 Å². The maximum Gasteiger partial charge on any atom is 0.253 e. The van der Waals surface area contributed by atoms with Gasteiger partial charge in [-0.25, -0.2) is 4.39 Å². The van der Waals surface area contributed by atoms with Gasteiger partial charge in [-0.2, -0.15) is 0 Å². The molecule has 0 saturated carbocycles. The molecule has 92 valence electrons. The van der Waals surface area contributed by atoms with Crippen LogP contribution in [-0.2, 0) is 0 Å². The minimum atomic E-state index is -0.388. The molecule has 1 heterocycles. The lowest BCUT2D eigenvalue weighted by Gasteiger charge is -2.30. The van der Waals surface area contributed by atoms with Gasteiger partial charge in [-0.1, -0.05) is 6.92 Å². The Morgan fingerprint density at radius 1 is 1.41 bits per heavy atom. The molecule has 0 atom stereocenters. The lowest BCUT2D eigenvalue weighted by Crippen LogP contribution is -2.37. The standard InChI is InChI=1S/C13H15BrFNO/c1-9-4-6-16(7-5-9)13(17)10-2-3-11(14)12(15)8-10/h2-3,8-9H,4-7H2,1H3. The number of halogens is 2. The van der Waals surface area contributed by atoms with E-state index in [4.69, 9.17) is 0 Å². The highest BCUT2D eigenvalue weighted by molar-refractivity contribution is 9.10. The molecule has 1 aromatic carbocycles. The van der Waals surface area contributed by atoms with Crippen molar-refractivity contribution in [2.24, 2.45) is 5.92 Å². The van der Waals surface area contributed by atoms with Gasteiger partial charge >= 0.3 is 0 Å². The smallest absolute Gasteiger partial charge is 0.253 e. The van der Waals surface area contributed by atoms with Crippen molar-refractivity contribution in [2.45, 2.75) is 19.8 Å². The Morgan fingerprint density at radius 2 is 2.06 bits per heavy atom. The number of likely N-dealkylation sites (tertiary alicyclic amines) is 1. The number of carbonyl (C=O) groups is 1. The molecule has 17 heavy (non-hydrogen) atoms. The molecule has 0 spiro atoms. The van der Waals surface area contributed by atoms with E-state index in [-0.39, 0.29) is 11.7 Å². The summed E-state index contributed by atoms with van der Waals surface area (Å²) in [4.78, 5) is 13.9. The molecule has 1 aliphatic rings. The van der Waals surface area contributed by atoms with Crippen molar-refractivity contribution in [1.29, 1.82) is 0 Å². The van der Waals surface area contributed by atoms with Gasteiger partial charge in [0.1, 0.15) is 5.82 Å². The van der Waals surface area contributed by atoms with E-state index in [1.165, 1.54) is 6.07 Å². The van der Waals surface area contributed by atoms with Crippen LogP contribution >= 0.6 is 15.9 Å². The number of hydrogen-bond donors (Lipinski definition) is 0. The first-order chi connectivity index (χ1) is 8.08. The van der Waals surface area contributed by atoms with Gasteiger partial charge in [0.05, 0.1) is 4.47 Å². The lowest BCUT2D eigenvalue weighted by molar-refractivity contribution is 0.0696. The first-order valence-corrected chi connectivity index (χ1v) is 6.61. The van der Waals surface area contributed by atoms with Crippen molar-refractivity contribution in [1.82, 2.24) is 4.90 Å². The predicted octanol–water partition coefficient (Wildman–Crippen LogP) is 3.46. The molecular formula is C13H15BrFNO. The molecule has 0 aliphatic carbocycles. The quantitative estimate of drug-likeness (QED) is 0.778. The molecule has 1 aliphatic heterocycles. The Labute approximate surface area is 109 Å². The highest BCUT2D eigenvalue weighted by Gasteiger charge is 2.21. The Bertz CT molecular complexity index is 427. The molecule has 1 saturated heterocycles. The van der Waals surface area contributed by atoms with Crippen LogP contribution in [0.3, 0.4) is 0 Å². The molecule has 1 fully saturated rings. The van der Waals surface area contributed by atoms with Gasteiger partial charge in [0.25, 0.3) is 5.91 Å². The van der Waals surface area contributed by atoms with Gasteiger partial charge in [0.2, 0.25) is 0 Å². The van der Waals surface area contributed by atoms with E-state index in [1.807, 2.05) is 4.90 Å². The number of carbonyl (C=O) groups excluding carboxylic acids is 1. The summed E-state index contributed by atoms with van der Waals surface area (Å²) in [5, 5.41) is 0. The monoisotopic (exact) mass is 299 g/mol. The summed E-state index contributed by atoms with van der Waals surface area (Å²) in [7, 11) is 0. The highest BCUT2D eigenvalue weighted by Crippen LogP contribution is 2.21. The van der Waals surface area contributed by atoms with E-state index in [0.717, 1.165) is 25.9 Å². The van der Waals surface area contributed by atoms with Crippen molar-refractivity contribution in [3.8, 4) is 0 Å². The van der Waals surface area contributed by atoms with Crippen molar-refractivity contribution in [3.05, 3.63) is 34.1 Å². The number of amides is 1. The molecule has 0 N–H and O–H groups in total. The second-order valence-corrected chi connectivity index (χ2v) is 5.46. The van der Waals surface area contributed by atoms with Crippen molar-refractivity contribution < 1.29 is 9.18 Å². The number of piperidine rings is 1. The van der Waals surface area contributed by atoms with Crippen LogP contribution in [0.25, 0.3) is 0 Å². The average molecular weight is 300 g/mol. The topological polar surface area (TPSA) is 20.3 Å². The van der Waals surface area contributed by atoms with Crippen LogP contribution in [0.5, 0.6) is 0 Å². The minimum Gasteiger partial charge on any atom is -0.339 e. The third-order valence-corrected chi connectivity index (χ3v) is 3.88. The van der Waals surface area contributed by atoms with Crippen LogP contribution in [0.1, 0.15) is 30.1 Å². The van der Waals surface area contributed by atoms with Crippen LogP contribution < -0.4 is 0 Å². The second-order valence-electron chi connectivity index (χ2n) is 4.60. The van der Waals surface area contributed by atoms with Crippen LogP contribution in [0.2, 0.25) is 0 Å². The number of benzene rings is 1. The Morgan fingerprint density at radius 3 is 2.65 bits per heavy atom. The van der Waals surface area contributed by atoms with Gasteiger partial charge in [-0.05, 0) is 52.9 Å². The van der Waals surface area contributed by atoms with E-state index >= 15 is 0 Å². The van der Waals surface area contributed by atoms with Crippen LogP contribution in [0, 0.1) is 11.7 Å². The molecule has 4 heteroatoms. The maximum atomic E-state index is 13.4. The number of nitrogens with zero attached hydrogens (tertiary/aromatic N) is 1. The lowest BCUT2D eigenvalue weighted by atomic mass is 9.98. The summed E-state index contributed by atoms with van der Waals surface area (Å²) < 4.78 is 13.7. The van der Waals surface area contributed by atoms with E-state index in [1.54, 1.807) is 12.1 Å². The van der Waals surface area contributed by atoms with Crippen molar-refractivity contribution >= 4 is 21.8 Å². The maximum absolute atomic E-state index is 13.4. The summed E-state index contributed by atoms with van der Waals surface area (Å²) in [5.74, 6) is 0.227. The van der Waals surface area contributed by atoms with E-state index in [2.05, 4.69) is 22.9 Å². The SMILES string of the molecule is CC1CCN(C(=O)c2ccc(Br)c(F)c2)CC1. The average Bonchev–Trinajstić information content (AvgIpc) is 2.33. The molecule has 0 unspecified atom stereocenters. The Hall–Kier alpha value is -0.900. The third-order valence-electron chi connectivity index (χ3n) is 3.24. The molecule has 2 rings (SSSR count). The van der Waals surface area contributed by atoms with Gasteiger partial charge in [0, 0.05) is 18.7 Å². The van der Waals surface area contributed by atoms with Gasteiger partial charge in [-0.3, -0.25) is 4.79 Å². The summed E-state index contributed by atoms with van der Waals surface area (Å²) in [6.45, 7) is 3.75. The highest BCUT2D eigenvalue weighted by atomic mass is 79.9. The fraction of sp³-hybridized carbons (Fsp3) is 0.462. The summed E-state index contributed by atoms with van der Waals surface area (Å²) >= 11 is 3.08. The van der Waals surface area contributed by atoms with Gasteiger partial charge < -0.3 is 4.90 Å².